The van der Waals surface area contributed by atoms with Crippen molar-refractivity contribution < 1.29 is 14.7 Å². The molecule has 2 atom stereocenters. The molecule has 5 nitrogen and oxygen atoms in total. The highest BCUT2D eigenvalue weighted by Crippen LogP contribution is 2.31. The van der Waals surface area contributed by atoms with Gasteiger partial charge in [0.1, 0.15) is 6.04 Å². The van der Waals surface area contributed by atoms with E-state index in [1.54, 1.807) is 16.7 Å². The molecule has 6 heteroatoms. The van der Waals surface area contributed by atoms with Gasteiger partial charge in [0.05, 0.1) is 5.37 Å². The van der Waals surface area contributed by atoms with Crippen LogP contribution in [0.1, 0.15) is 19.8 Å². The first kappa shape index (κ1) is 12.7. The summed E-state index contributed by atoms with van der Waals surface area (Å²) in [5.41, 5.74) is 0. The predicted molar refractivity (Wildman–Crippen MR) is 65.8 cm³/mol. The molecule has 0 aromatic rings. The summed E-state index contributed by atoms with van der Waals surface area (Å²) in [5.74, 6) is -0.354. The van der Waals surface area contributed by atoms with Gasteiger partial charge in [-0.2, -0.15) is 0 Å². The van der Waals surface area contributed by atoms with E-state index in [0.717, 1.165) is 25.9 Å². The van der Waals surface area contributed by atoms with E-state index in [2.05, 4.69) is 5.32 Å². The van der Waals surface area contributed by atoms with Crippen LogP contribution in [-0.2, 0) is 9.59 Å². The number of aliphatic carboxylic acids is 1. The Kier molecular flexibility index (Phi) is 3.93. The summed E-state index contributed by atoms with van der Waals surface area (Å²) in [4.78, 5) is 25.0. The van der Waals surface area contributed by atoms with Gasteiger partial charge in [-0.25, -0.2) is 4.79 Å². The normalized spacial score (nSPS) is 30.5. The standard InChI is InChI=1S/C11H18N2O3S/c1-7-13(9(6-17-7)11(15)16)10(14)8-2-4-12-5-3-8/h7-9,12H,2-6H2,1H3,(H,15,16). The van der Waals surface area contributed by atoms with Crippen LogP contribution in [0.15, 0.2) is 0 Å². The number of hydrogen-bond donors (Lipinski definition) is 2. The average molecular weight is 258 g/mol. The second kappa shape index (κ2) is 5.27. The molecule has 2 saturated heterocycles. The fourth-order valence-electron chi connectivity index (χ4n) is 2.45. The average Bonchev–Trinajstić information content (AvgIpc) is 2.71. The van der Waals surface area contributed by atoms with Gasteiger partial charge in [-0.1, -0.05) is 0 Å². The third kappa shape index (κ3) is 2.57. The second-order valence-corrected chi connectivity index (χ2v) is 5.91. The van der Waals surface area contributed by atoms with Gasteiger partial charge in [0.15, 0.2) is 0 Å². The predicted octanol–water partition coefficient (Wildman–Crippen LogP) is 0.361. The molecule has 1 amide bonds. The number of thioether (sulfide) groups is 1. The molecule has 2 heterocycles. The summed E-state index contributed by atoms with van der Waals surface area (Å²) in [6.07, 6.45) is 1.64. The maximum atomic E-state index is 12.3. The van der Waals surface area contributed by atoms with Crippen LogP contribution < -0.4 is 5.32 Å². The highest BCUT2D eigenvalue weighted by molar-refractivity contribution is 8.00. The van der Waals surface area contributed by atoms with Crippen molar-refractivity contribution in [2.24, 2.45) is 5.92 Å². The van der Waals surface area contributed by atoms with E-state index in [0.29, 0.717) is 5.75 Å². The summed E-state index contributed by atoms with van der Waals surface area (Å²) in [6.45, 7) is 3.61. The van der Waals surface area contributed by atoms with E-state index >= 15 is 0 Å². The number of amides is 1. The number of carbonyl (C=O) groups excluding carboxylic acids is 1. The summed E-state index contributed by atoms with van der Waals surface area (Å²) >= 11 is 1.54. The van der Waals surface area contributed by atoms with Crippen molar-refractivity contribution in [1.82, 2.24) is 10.2 Å². The van der Waals surface area contributed by atoms with Crippen molar-refractivity contribution in [3.63, 3.8) is 0 Å². The lowest BCUT2D eigenvalue weighted by molar-refractivity contribution is -0.151. The van der Waals surface area contributed by atoms with Crippen molar-refractivity contribution in [2.45, 2.75) is 31.2 Å². The molecule has 2 aliphatic heterocycles. The fourth-order valence-corrected chi connectivity index (χ4v) is 3.62. The molecule has 0 spiro atoms. The van der Waals surface area contributed by atoms with Crippen LogP contribution in [-0.4, -0.2) is 52.1 Å². The first-order valence-corrected chi connectivity index (χ1v) is 7.03. The topological polar surface area (TPSA) is 69.6 Å². The summed E-state index contributed by atoms with van der Waals surface area (Å²) < 4.78 is 0. The Morgan fingerprint density at radius 3 is 2.59 bits per heavy atom. The molecule has 2 aliphatic rings. The molecule has 2 unspecified atom stereocenters. The van der Waals surface area contributed by atoms with Crippen molar-refractivity contribution >= 4 is 23.6 Å². The van der Waals surface area contributed by atoms with Gasteiger partial charge in [0.25, 0.3) is 0 Å². The number of carboxylic acids is 1. The van der Waals surface area contributed by atoms with Gasteiger partial charge >= 0.3 is 5.97 Å². The van der Waals surface area contributed by atoms with E-state index in [-0.39, 0.29) is 17.2 Å². The lowest BCUT2D eigenvalue weighted by atomic mass is 9.96. The summed E-state index contributed by atoms with van der Waals surface area (Å²) in [7, 11) is 0. The van der Waals surface area contributed by atoms with E-state index in [9.17, 15) is 9.59 Å². The van der Waals surface area contributed by atoms with E-state index < -0.39 is 12.0 Å². The van der Waals surface area contributed by atoms with Crippen molar-refractivity contribution in [1.29, 1.82) is 0 Å². The number of nitrogens with one attached hydrogen (secondary N) is 1. The molecule has 0 aromatic heterocycles. The van der Waals surface area contributed by atoms with Gasteiger partial charge in [-0.3, -0.25) is 4.79 Å². The zero-order valence-corrected chi connectivity index (χ0v) is 10.7. The Hall–Kier alpha value is -0.750. The molecule has 0 saturated carbocycles. The van der Waals surface area contributed by atoms with Gasteiger partial charge < -0.3 is 15.3 Å². The van der Waals surface area contributed by atoms with E-state index in [1.165, 1.54) is 0 Å². The largest absolute Gasteiger partial charge is 0.480 e. The molecule has 0 radical (unpaired) electrons. The molecule has 2 N–H and O–H groups in total. The zero-order valence-electron chi connectivity index (χ0n) is 9.89. The van der Waals surface area contributed by atoms with Crippen LogP contribution >= 0.6 is 11.8 Å². The molecule has 0 bridgehead atoms. The highest BCUT2D eigenvalue weighted by atomic mass is 32.2. The molecule has 17 heavy (non-hydrogen) atoms. The highest BCUT2D eigenvalue weighted by Gasteiger charge is 2.41. The molecule has 2 rings (SSSR count). The minimum atomic E-state index is -0.885. The van der Waals surface area contributed by atoms with Gasteiger partial charge in [0.2, 0.25) is 5.91 Å². The minimum Gasteiger partial charge on any atom is -0.480 e. The third-order valence-electron chi connectivity index (χ3n) is 3.45. The van der Waals surface area contributed by atoms with Crippen molar-refractivity contribution in [3.05, 3.63) is 0 Å². The number of carboxylic acid groups (broad SMARTS) is 1. The molecular weight excluding hydrogens is 240 g/mol. The first-order valence-electron chi connectivity index (χ1n) is 5.98. The molecule has 0 aliphatic carbocycles. The van der Waals surface area contributed by atoms with Crippen LogP contribution in [0.25, 0.3) is 0 Å². The summed E-state index contributed by atoms with van der Waals surface area (Å²) in [6, 6.07) is -0.641. The Labute approximate surface area is 105 Å². The Morgan fingerprint density at radius 1 is 1.35 bits per heavy atom. The first-order chi connectivity index (χ1) is 8.11. The van der Waals surface area contributed by atoms with Crippen LogP contribution in [0.5, 0.6) is 0 Å². The maximum Gasteiger partial charge on any atom is 0.327 e. The fraction of sp³-hybridized carbons (Fsp3) is 0.818. The zero-order chi connectivity index (χ0) is 12.4. The van der Waals surface area contributed by atoms with Crippen molar-refractivity contribution in [3.8, 4) is 0 Å². The monoisotopic (exact) mass is 258 g/mol. The maximum absolute atomic E-state index is 12.3. The molecule has 2 fully saturated rings. The molecular formula is C11H18N2O3S. The quantitative estimate of drug-likeness (QED) is 0.748. The lowest BCUT2D eigenvalue weighted by Gasteiger charge is -2.31. The van der Waals surface area contributed by atoms with Crippen LogP contribution in [0.3, 0.4) is 0 Å². The Morgan fingerprint density at radius 2 is 2.00 bits per heavy atom. The van der Waals surface area contributed by atoms with Gasteiger partial charge in [-0.15, -0.1) is 11.8 Å². The number of carbonyl (C=O) groups is 2. The van der Waals surface area contributed by atoms with Crippen molar-refractivity contribution in [2.75, 3.05) is 18.8 Å². The molecule has 96 valence electrons. The number of rotatable bonds is 2. The van der Waals surface area contributed by atoms with Crippen LogP contribution in [0.4, 0.5) is 0 Å². The van der Waals surface area contributed by atoms with Gasteiger partial charge in [0, 0.05) is 11.7 Å². The van der Waals surface area contributed by atoms with Gasteiger partial charge in [-0.05, 0) is 32.9 Å². The number of piperidine rings is 1. The summed E-state index contributed by atoms with van der Waals surface area (Å²) in [5, 5.41) is 12.3. The van der Waals surface area contributed by atoms with E-state index in [1.807, 2.05) is 6.92 Å². The van der Waals surface area contributed by atoms with Crippen LogP contribution in [0.2, 0.25) is 0 Å². The number of nitrogens with zero attached hydrogens (tertiary/aromatic N) is 1. The molecule has 0 aromatic carbocycles. The third-order valence-corrected chi connectivity index (χ3v) is 4.67. The lowest BCUT2D eigenvalue weighted by Crippen LogP contribution is -2.49. The Bertz CT molecular complexity index is 318. The second-order valence-electron chi connectivity index (χ2n) is 4.56. The minimum absolute atomic E-state index is 0.000694. The smallest absolute Gasteiger partial charge is 0.327 e. The number of hydrogen-bond acceptors (Lipinski definition) is 4. The Balaban J connectivity index is 2.07. The SMILES string of the molecule is CC1SCC(C(=O)O)N1C(=O)C1CCNCC1. The van der Waals surface area contributed by atoms with E-state index in [4.69, 9.17) is 5.11 Å². The van der Waals surface area contributed by atoms with Crippen LogP contribution in [0, 0.1) is 5.92 Å².